The predicted octanol–water partition coefficient (Wildman–Crippen LogP) is 2.61. The summed E-state index contributed by atoms with van der Waals surface area (Å²) in [5.74, 6) is -0.449. The zero-order valence-electron chi connectivity index (χ0n) is 17.2. The van der Waals surface area contributed by atoms with Crippen molar-refractivity contribution >= 4 is 29.3 Å². The summed E-state index contributed by atoms with van der Waals surface area (Å²) in [7, 11) is 1.56. The van der Waals surface area contributed by atoms with Gasteiger partial charge in [-0.2, -0.15) is 0 Å². The van der Waals surface area contributed by atoms with Crippen molar-refractivity contribution in [2.45, 2.75) is 26.3 Å². The average Bonchev–Trinajstić information content (AvgIpc) is 2.92. The summed E-state index contributed by atoms with van der Waals surface area (Å²) < 4.78 is 5.24. The van der Waals surface area contributed by atoms with Crippen LogP contribution in [0.4, 0.5) is 10.5 Å². The molecule has 2 aromatic rings. The zero-order chi connectivity index (χ0) is 22.1. The van der Waals surface area contributed by atoms with Crippen LogP contribution < -0.4 is 15.4 Å². The van der Waals surface area contributed by atoms with E-state index >= 15 is 0 Å². The van der Waals surface area contributed by atoms with Gasteiger partial charge in [-0.05, 0) is 68.3 Å². The molecule has 0 spiro atoms. The molecule has 0 aromatic heterocycles. The van der Waals surface area contributed by atoms with Gasteiger partial charge in [0, 0.05) is 11.3 Å². The van der Waals surface area contributed by atoms with Gasteiger partial charge in [0.2, 0.25) is 5.91 Å². The van der Waals surface area contributed by atoms with Gasteiger partial charge < -0.3 is 15.4 Å². The van der Waals surface area contributed by atoms with E-state index in [0.29, 0.717) is 22.6 Å². The van der Waals surface area contributed by atoms with E-state index in [2.05, 4.69) is 10.6 Å². The molecule has 1 unspecified atom stereocenters. The molecule has 1 saturated heterocycles. The molecule has 8 nitrogen and oxygen atoms in total. The third kappa shape index (κ3) is 3.89. The van der Waals surface area contributed by atoms with Gasteiger partial charge in [0.05, 0.1) is 7.11 Å². The smallest absolute Gasteiger partial charge is 0.325 e. The Morgan fingerprint density at radius 3 is 2.37 bits per heavy atom. The number of methoxy groups -OCH3 is 1. The third-order valence-electron chi connectivity index (χ3n) is 5.12. The van der Waals surface area contributed by atoms with Gasteiger partial charge in [0.25, 0.3) is 5.91 Å². The van der Waals surface area contributed by atoms with E-state index in [1.807, 2.05) is 6.92 Å². The molecule has 2 N–H and O–H groups in total. The number of rotatable bonds is 6. The molecule has 3 rings (SSSR count). The maximum Gasteiger partial charge on any atom is 0.325 e. The Balaban J connectivity index is 1.73. The van der Waals surface area contributed by atoms with Crippen LogP contribution in [-0.4, -0.2) is 42.2 Å². The van der Waals surface area contributed by atoms with Gasteiger partial charge in [0.15, 0.2) is 5.78 Å². The number of Topliss-reactive ketones (excluding diaryl/α,β-unsaturated/α-hetero) is 1. The molecule has 1 heterocycles. The Morgan fingerprint density at radius 2 is 1.80 bits per heavy atom. The van der Waals surface area contributed by atoms with E-state index in [0.717, 1.165) is 10.5 Å². The highest BCUT2D eigenvalue weighted by molar-refractivity contribution is 6.10. The largest absolute Gasteiger partial charge is 0.496 e. The van der Waals surface area contributed by atoms with Crippen LogP contribution in [0.1, 0.15) is 35.3 Å². The molecule has 156 valence electrons. The number of nitrogens with zero attached hydrogens (tertiary/aromatic N) is 1. The average molecular weight is 409 g/mol. The highest BCUT2D eigenvalue weighted by Gasteiger charge is 2.49. The summed E-state index contributed by atoms with van der Waals surface area (Å²) in [5.41, 5.74) is 1.13. The Labute approximate surface area is 174 Å². The number of hydrogen-bond acceptors (Lipinski definition) is 5. The van der Waals surface area contributed by atoms with Gasteiger partial charge in [0.1, 0.15) is 17.8 Å². The first-order valence-electron chi connectivity index (χ1n) is 9.36. The second kappa shape index (κ2) is 7.98. The quantitative estimate of drug-likeness (QED) is 0.564. The summed E-state index contributed by atoms with van der Waals surface area (Å²) in [6, 6.07) is 10.9. The number of nitrogens with one attached hydrogen (secondary N) is 2. The molecular formula is C22H23N3O5. The van der Waals surface area contributed by atoms with Crippen molar-refractivity contribution in [2.24, 2.45) is 0 Å². The SMILES string of the molecule is COc1ccc(C2(C)NC(=O)N(CC(=O)Nc3ccc(C(C)=O)cc3)C2=O)cc1C. The molecular weight excluding hydrogens is 386 g/mol. The maximum atomic E-state index is 13.0. The monoisotopic (exact) mass is 409 g/mol. The van der Waals surface area contributed by atoms with Crippen molar-refractivity contribution in [3.63, 3.8) is 0 Å². The number of aryl methyl sites for hydroxylation is 1. The minimum Gasteiger partial charge on any atom is -0.496 e. The van der Waals surface area contributed by atoms with E-state index in [1.165, 1.54) is 6.92 Å². The summed E-state index contributed by atoms with van der Waals surface area (Å²) in [5, 5.41) is 5.31. The number of carbonyl (C=O) groups excluding carboxylic acids is 4. The van der Waals surface area contributed by atoms with Crippen molar-refractivity contribution in [3.05, 3.63) is 59.2 Å². The molecule has 0 bridgehead atoms. The van der Waals surface area contributed by atoms with Crippen molar-refractivity contribution in [1.82, 2.24) is 10.2 Å². The number of ketones is 1. The van der Waals surface area contributed by atoms with Gasteiger partial charge in [-0.3, -0.25) is 19.3 Å². The molecule has 1 atom stereocenters. The van der Waals surface area contributed by atoms with E-state index in [9.17, 15) is 19.2 Å². The number of urea groups is 1. The summed E-state index contributed by atoms with van der Waals surface area (Å²) in [6.45, 7) is 4.47. The Morgan fingerprint density at radius 1 is 1.13 bits per heavy atom. The van der Waals surface area contributed by atoms with E-state index < -0.39 is 29.9 Å². The molecule has 30 heavy (non-hydrogen) atoms. The van der Waals surface area contributed by atoms with Crippen LogP contribution in [0.3, 0.4) is 0 Å². The fourth-order valence-corrected chi connectivity index (χ4v) is 3.36. The molecule has 0 saturated carbocycles. The van der Waals surface area contributed by atoms with Crippen LogP contribution in [0, 0.1) is 6.92 Å². The van der Waals surface area contributed by atoms with Gasteiger partial charge >= 0.3 is 6.03 Å². The van der Waals surface area contributed by atoms with E-state index in [1.54, 1.807) is 56.5 Å². The predicted molar refractivity (Wildman–Crippen MR) is 110 cm³/mol. The second-order valence-corrected chi connectivity index (χ2v) is 7.31. The van der Waals surface area contributed by atoms with E-state index in [4.69, 9.17) is 4.74 Å². The lowest BCUT2D eigenvalue weighted by Gasteiger charge is -2.23. The molecule has 1 fully saturated rings. The fourth-order valence-electron chi connectivity index (χ4n) is 3.36. The minimum atomic E-state index is -1.28. The lowest BCUT2D eigenvalue weighted by molar-refractivity contribution is -0.133. The molecule has 4 amide bonds. The van der Waals surface area contributed by atoms with Crippen LogP contribution >= 0.6 is 0 Å². The van der Waals surface area contributed by atoms with Crippen molar-refractivity contribution < 1.29 is 23.9 Å². The lowest BCUT2D eigenvalue weighted by atomic mass is 9.90. The Kier molecular flexibility index (Phi) is 5.60. The summed E-state index contributed by atoms with van der Waals surface area (Å²) in [6.07, 6.45) is 0. The topological polar surface area (TPSA) is 105 Å². The summed E-state index contributed by atoms with van der Waals surface area (Å²) >= 11 is 0. The molecule has 1 aliphatic rings. The van der Waals surface area contributed by atoms with Gasteiger partial charge in [-0.15, -0.1) is 0 Å². The summed E-state index contributed by atoms with van der Waals surface area (Å²) in [4.78, 5) is 50.1. The van der Waals surface area contributed by atoms with Crippen LogP contribution in [0.5, 0.6) is 5.75 Å². The first kappa shape index (κ1) is 21.0. The number of amides is 4. The number of benzene rings is 2. The number of anilines is 1. The number of carbonyl (C=O) groups is 4. The second-order valence-electron chi connectivity index (χ2n) is 7.31. The first-order chi connectivity index (χ1) is 14.2. The van der Waals surface area contributed by atoms with Crippen LogP contribution in [0.2, 0.25) is 0 Å². The van der Waals surface area contributed by atoms with Crippen molar-refractivity contribution in [3.8, 4) is 5.75 Å². The number of hydrogen-bond donors (Lipinski definition) is 2. The highest BCUT2D eigenvalue weighted by Crippen LogP contribution is 2.31. The fraction of sp³-hybridized carbons (Fsp3) is 0.273. The minimum absolute atomic E-state index is 0.0831. The zero-order valence-corrected chi connectivity index (χ0v) is 17.2. The van der Waals surface area contributed by atoms with Gasteiger partial charge in [-0.1, -0.05) is 6.07 Å². The molecule has 2 aromatic carbocycles. The Bertz CT molecular complexity index is 1030. The molecule has 8 heteroatoms. The molecule has 0 aliphatic carbocycles. The van der Waals surface area contributed by atoms with Crippen LogP contribution in [0.15, 0.2) is 42.5 Å². The number of imide groups is 1. The third-order valence-corrected chi connectivity index (χ3v) is 5.12. The first-order valence-corrected chi connectivity index (χ1v) is 9.36. The highest BCUT2D eigenvalue weighted by atomic mass is 16.5. The van der Waals surface area contributed by atoms with Crippen LogP contribution in [-0.2, 0) is 15.1 Å². The van der Waals surface area contributed by atoms with Crippen molar-refractivity contribution in [1.29, 1.82) is 0 Å². The van der Waals surface area contributed by atoms with Crippen molar-refractivity contribution in [2.75, 3.05) is 19.0 Å². The number of ether oxygens (including phenoxy) is 1. The Hall–Kier alpha value is -3.68. The van der Waals surface area contributed by atoms with Crippen LogP contribution in [0.25, 0.3) is 0 Å². The molecule has 1 aliphatic heterocycles. The molecule has 0 radical (unpaired) electrons. The normalized spacial score (nSPS) is 18.2. The van der Waals surface area contributed by atoms with E-state index in [-0.39, 0.29) is 5.78 Å². The lowest BCUT2D eigenvalue weighted by Crippen LogP contribution is -2.42. The standard InChI is InChI=1S/C22H23N3O5/c1-13-11-16(7-10-18(13)30-4)22(3)20(28)25(21(29)24-22)12-19(27)23-17-8-5-15(6-9-17)14(2)26/h5-11H,12H2,1-4H3,(H,23,27)(H,24,29). The maximum absolute atomic E-state index is 13.0. The van der Waals surface area contributed by atoms with Gasteiger partial charge in [-0.25, -0.2) is 4.79 Å².